The Balaban J connectivity index is 1.35. The Bertz CT molecular complexity index is 1110. The Morgan fingerprint density at radius 1 is 1.10 bits per heavy atom. The zero-order valence-corrected chi connectivity index (χ0v) is 15.4. The molecule has 3 heterocycles. The van der Waals surface area contributed by atoms with E-state index in [2.05, 4.69) is 40.9 Å². The Morgan fingerprint density at radius 2 is 1.90 bits per heavy atom. The number of fused-ring (bicyclic) bond motifs is 2. The van der Waals surface area contributed by atoms with Crippen molar-refractivity contribution in [2.45, 2.75) is 25.1 Å². The Hall–Kier alpha value is -3.76. The molecule has 1 aliphatic heterocycles. The van der Waals surface area contributed by atoms with Crippen LogP contribution in [-0.2, 0) is 6.18 Å². The van der Waals surface area contributed by atoms with Gasteiger partial charge in [0.25, 0.3) is 5.95 Å². The van der Waals surface area contributed by atoms with Gasteiger partial charge in [-0.25, -0.2) is 10.4 Å². The zero-order valence-electron chi connectivity index (χ0n) is 15.4. The quantitative estimate of drug-likeness (QED) is 0.493. The SMILES string of the molecule is FC(F)(F)c1ccc(C=NNc2nnc3c(n2)N(C2CC2)c2cccnc2N3)cc1. The number of nitrogens with zero attached hydrogens (tertiary/aromatic N) is 6. The van der Waals surface area contributed by atoms with Gasteiger partial charge in [0.15, 0.2) is 17.5 Å². The summed E-state index contributed by atoms with van der Waals surface area (Å²) in [6.07, 6.45) is 0.819. The van der Waals surface area contributed by atoms with Gasteiger partial charge in [0.2, 0.25) is 0 Å². The molecule has 2 aliphatic rings. The number of benzene rings is 1. The Morgan fingerprint density at radius 3 is 2.63 bits per heavy atom. The summed E-state index contributed by atoms with van der Waals surface area (Å²) < 4.78 is 37.9. The largest absolute Gasteiger partial charge is 0.416 e. The number of rotatable bonds is 4. The van der Waals surface area contributed by atoms with Crippen molar-refractivity contribution in [1.82, 2.24) is 20.2 Å². The highest BCUT2D eigenvalue weighted by Gasteiger charge is 2.37. The zero-order chi connectivity index (χ0) is 20.7. The maximum atomic E-state index is 12.6. The molecule has 0 bridgehead atoms. The number of nitrogens with one attached hydrogen (secondary N) is 2. The van der Waals surface area contributed by atoms with Crippen molar-refractivity contribution in [3.63, 3.8) is 0 Å². The lowest BCUT2D eigenvalue weighted by atomic mass is 10.1. The third-order valence-electron chi connectivity index (χ3n) is 4.71. The van der Waals surface area contributed by atoms with Gasteiger partial charge in [-0.05, 0) is 42.7 Å². The maximum Gasteiger partial charge on any atom is 0.416 e. The summed E-state index contributed by atoms with van der Waals surface area (Å²) in [4.78, 5) is 11.0. The van der Waals surface area contributed by atoms with E-state index in [1.165, 1.54) is 18.3 Å². The summed E-state index contributed by atoms with van der Waals surface area (Å²) in [7, 11) is 0. The van der Waals surface area contributed by atoms with Crippen LogP contribution in [0.3, 0.4) is 0 Å². The minimum Gasteiger partial charge on any atom is -0.319 e. The van der Waals surface area contributed by atoms with E-state index in [1.54, 1.807) is 6.20 Å². The van der Waals surface area contributed by atoms with Gasteiger partial charge in [0, 0.05) is 12.2 Å². The summed E-state index contributed by atoms with van der Waals surface area (Å²) >= 11 is 0. The van der Waals surface area contributed by atoms with Crippen LogP contribution in [0.5, 0.6) is 0 Å². The number of pyridine rings is 1. The van der Waals surface area contributed by atoms with E-state index in [4.69, 9.17) is 0 Å². The maximum absolute atomic E-state index is 12.6. The van der Waals surface area contributed by atoms with Crippen LogP contribution in [0.2, 0.25) is 0 Å². The molecule has 8 nitrogen and oxygen atoms in total. The number of hydrazone groups is 1. The van der Waals surface area contributed by atoms with Crippen molar-refractivity contribution >= 4 is 35.3 Å². The first-order valence-electron chi connectivity index (χ1n) is 9.21. The fourth-order valence-corrected chi connectivity index (χ4v) is 3.15. The lowest BCUT2D eigenvalue weighted by molar-refractivity contribution is -0.137. The van der Waals surface area contributed by atoms with Crippen molar-refractivity contribution in [3.8, 4) is 0 Å². The van der Waals surface area contributed by atoms with Gasteiger partial charge in [-0.1, -0.05) is 12.1 Å². The Kier molecular flexibility index (Phi) is 4.23. The predicted octanol–water partition coefficient (Wildman–Crippen LogP) is 4.09. The summed E-state index contributed by atoms with van der Waals surface area (Å²) in [5.74, 6) is 2.01. The van der Waals surface area contributed by atoms with Crippen molar-refractivity contribution in [2.75, 3.05) is 15.6 Å². The molecule has 3 aromatic rings. The van der Waals surface area contributed by atoms with Gasteiger partial charge >= 0.3 is 6.18 Å². The predicted molar refractivity (Wildman–Crippen MR) is 105 cm³/mol. The van der Waals surface area contributed by atoms with Crippen molar-refractivity contribution in [1.29, 1.82) is 0 Å². The topological polar surface area (TPSA) is 91.2 Å². The van der Waals surface area contributed by atoms with Gasteiger partial charge < -0.3 is 10.2 Å². The molecule has 0 amide bonds. The number of halogens is 3. The summed E-state index contributed by atoms with van der Waals surface area (Å²) in [6.45, 7) is 0. The standard InChI is InChI=1S/C19H15F3N8/c20-19(21,22)12-5-3-11(4-6-12)10-24-28-18-26-17-16(27-29-18)25-15-14(2-1-9-23-15)30(17)13-7-8-13/h1-6,9-10,13H,7-8H2,(H,23,25,27)(H,26,28,29). The first-order chi connectivity index (χ1) is 14.5. The molecule has 30 heavy (non-hydrogen) atoms. The molecule has 0 spiro atoms. The molecule has 1 fully saturated rings. The molecule has 2 N–H and O–H groups in total. The summed E-state index contributed by atoms with van der Waals surface area (Å²) in [5, 5.41) is 15.3. The molecule has 0 atom stereocenters. The van der Waals surface area contributed by atoms with Crippen LogP contribution in [0.15, 0.2) is 47.7 Å². The molecular weight excluding hydrogens is 397 g/mol. The van der Waals surface area contributed by atoms with Gasteiger partial charge in [-0.15, -0.1) is 10.2 Å². The van der Waals surface area contributed by atoms with Crippen LogP contribution in [0, 0.1) is 0 Å². The van der Waals surface area contributed by atoms with Crippen LogP contribution >= 0.6 is 0 Å². The monoisotopic (exact) mass is 412 g/mol. The average Bonchev–Trinajstić information content (AvgIpc) is 3.57. The summed E-state index contributed by atoms with van der Waals surface area (Å²) in [5.41, 5.74) is 3.40. The fourth-order valence-electron chi connectivity index (χ4n) is 3.15. The van der Waals surface area contributed by atoms with E-state index in [9.17, 15) is 13.2 Å². The lowest BCUT2D eigenvalue weighted by Crippen LogP contribution is -2.27. The molecule has 0 unspecified atom stereocenters. The first-order valence-corrected chi connectivity index (χ1v) is 9.21. The molecule has 0 radical (unpaired) electrons. The molecule has 11 heteroatoms. The molecule has 1 saturated carbocycles. The molecule has 1 aromatic carbocycles. The highest BCUT2D eigenvalue weighted by Crippen LogP contribution is 2.46. The van der Waals surface area contributed by atoms with Crippen LogP contribution in [0.25, 0.3) is 0 Å². The molecule has 1 aliphatic carbocycles. The van der Waals surface area contributed by atoms with E-state index in [-0.39, 0.29) is 5.95 Å². The van der Waals surface area contributed by atoms with E-state index in [1.807, 2.05) is 12.1 Å². The Labute approximate surface area is 168 Å². The normalized spacial score (nSPS) is 15.5. The number of hydrogen-bond donors (Lipinski definition) is 2. The summed E-state index contributed by atoms with van der Waals surface area (Å²) in [6, 6.07) is 8.84. The van der Waals surface area contributed by atoms with E-state index in [0.29, 0.717) is 29.1 Å². The fraction of sp³-hybridized carbons (Fsp3) is 0.211. The van der Waals surface area contributed by atoms with Gasteiger partial charge in [-0.2, -0.15) is 23.3 Å². The number of alkyl halides is 3. The van der Waals surface area contributed by atoms with Gasteiger partial charge in [-0.3, -0.25) is 0 Å². The molecule has 5 rings (SSSR count). The first kappa shape index (κ1) is 18.3. The van der Waals surface area contributed by atoms with Gasteiger partial charge in [0.05, 0.1) is 17.5 Å². The third kappa shape index (κ3) is 3.49. The lowest BCUT2D eigenvalue weighted by Gasteiger charge is -2.30. The molecule has 0 saturated heterocycles. The minimum absolute atomic E-state index is 0.178. The number of aromatic nitrogens is 4. The number of hydrogen-bond acceptors (Lipinski definition) is 8. The van der Waals surface area contributed by atoms with Crippen LogP contribution in [0.4, 0.5) is 42.3 Å². The minimum atomic E-state index is -4.37. The second-order valence-corrected chi connectivity index (χ2v) is 6.89. The molecule has 152 valence electrons. The van der Waals surface area contributed by atoms with E-state index in [0.717, 1.165) is 30.7 Å². The average molecular weight is 412 g/mol. The van der Waals surface area contributed by atoms with Crippen LogP contribution < -0.4 is 15.6 Å². The third-order valence-corrected chi connectivity index (χ3v) is 4.71. The van der Waals surface area contributed by atoms with Crippen molar-refractivity contribution in [2.24, 2.45) is 5.10 Å². The van der Waals surface area contributed by atoms with Crippen molar-refractivity contribution < 1.29 is 13.2 Å². The smallest absolute Gasteiger partial charge is 0.319 e. The van der Waals surface area contributed by atoms with Crippen LogP contribution in [0.1, 0.15) is 24.0 Å². The number of anilines is 5. The van der Waals surface area contributed by atoms with Crippen molar-refractivity contribution in [3.05, 3.63) is 53.7 Å². The van der Waals surface area contributed by atoms with Gasteiger partial charge in [0.1, 0.15) is 0 Å². The van der Waals surface area contributed by atoms with E-state index < -0.39 is 11.7 Å². The van der Waals surface area contributed by atoms with E-state index >= 15 is 0 Å². The molecule has 2 aromatic heterocycles. The second-order valence-electron chi connectivity index (χ2n) is 6.89. The highest BCUT2D eigenvalue weighted by molar-refractivity contribution is 5.87. The van der Waals surface area contributed by atoms with Crippen LogP contribution in [-0.4, -0.2) is 32.4 Å². The molecular formula is C19H15F3N8. The second kappa shape index (κ2) is 6.94. The highest BCUT2D eigenvalue weighted by atomic mass is 19.4.